The van der Waals surface area contributed by atoms with Crippen LogP contribution >= 0.6 is 23.1 Å². The molecule has 0 saturated carbocycles. The van der Waals surface area contributed by atoms with Gasteiger partial charge in [0.1, 0.15) is 5.01 Å². The minimum atomic E-state index is -0.172. The van der Waals surface area contributed by atoms with Crippen LogP contribution in [0, 0.1) is 6.92 Å². The van der Waals surface area contributed by atoms with Gasteiger partial charge in [-0.15, -0.1) is 10.2 Å². The average Bonchev–Trinajstić information content (AvgIpc) is 3.07. The molecule has 9 heteroatoms. The van der Waals surface area contributed by atoms with E-state index in [9.17, 15) is 4.79 Å². The minimum Gasteiger partial charge on any atom is -0.352 e. The molecular formula is C16H16N6OS2. The summed E-state index contributed by atoms with van der Waals surface area (Å²) in [6, 6.07) is 3.69. The second kappa shape index (κ2) is 8.63. The van der Waals surface area contributed by atoms with E-state index in [1.165, 1.54) is 12.4 Å². The van der Waals surface area contributed by atoms with Crippen LogP contribution in [0.25, 0.3) is 11.4 Å². The summed E-state index contributed by atoms with van der Waals surface area (Å²) in [7, 11) is 0. The third-order valence-electron chi connectivity index (χ3n) is 3.17. The number of amides is 1. The van der Waals surface area contributed by atoms with E-state index in [4.69, 9.17) is 0 Å². The van der Waals surface area contributed by atoms with Gasteiger partial charge in [0.15, 0.2) is 10.2 Å². The molecule has 0 unspecified atom stereocenters. The van der Waals surface area contributed by atoms with Crippen molar-refractivity contribution < 1.29 is 4.79 Å². The van der Waals surface area contributed by atoms with E-state index in [-0.39, 0.29) is 5.91 Å². The number of hydrogen-bond donors (Lipinski definition) is 1. The Bertz CT molecular complexity index is 822. The Kier molecular flexibility index (Phi) is 6.02. The van der Waals surface area contributed by atoms with Gasteiger partial charge >= 0.3 is 0 Å². The minimum absolute atomic E-state index is 0.172. The van der Waals surface area contributed by atoms with Crippen LogP contribution in [0.2, 0.25) is 0 Å². The molecule has 3 aromatic heterocycles. The predicted molar refractivity (Wildman–Crippen MR) is 97.6 cm³/mol. The molecule has 7 nitrogen and oxygen atoms in total. The molecule has 0 fully saturated rings. The Morgan fingerprint density at radius 1 is 1.24 bits per heavy atom. The highest BCUT2D eigenvalue weighted by Gasteiger charge is 2.08. The van der Waals surface area contributed by atoms with E-state index in [1.807, 2.05) is 19.1 Å². The Hall–Kier alpha value is -2.39. The molecule has 0 radical (unpaired) electrons. The van der Waals surface area contributed by atoms with Gasteiger partial charge in [0.2, 0.25) is 0 Å². The first kappa shape index (κ1) is 17.4. The van der Waals surface area contributed by atoms with Crippen LogP contribution in [0.1, 0.15) is 21.8 Å². The molecular weight excluding hydrogens is 356 g/mol. The maximum absolute atomic E-state index is 12.1. The third-order valence-corrected chi connectivity index (χ3v) is 5.23. The zero-order valence-electron chi connectivity index (χ0n) is 13.5. The van der Waals surface area contributed by atoms with Gasteiger partial charge in [0.05, 0.1) is 5.56 Å². The Balaban J connectivity index is 1.43. The lowest BCUT2D eigenvalue weighted by Crippen LogP contribution is -2.25. The lowest BCUT2D eigenvalue weighted by Gasteiger charge is -2.05. The van der Waals surface area contributed by atoms with Gasteiger partial charge in [-0.1, -0.05) is 23.1 Å². The topological polar surface area (TPSA) is 93.6 Å². The van der Waals surface area contributed by atoms with Crippen LogP contribution in [-0.2, 0) is 0 Å². The molecule has 0 atom stereocenters. The molecule has 1 N–H and O–H groups in total. The van der Waals surface area contributed by atoms with Crippen molar-refractivity contribution in [2.24, 2.45) is 0 Å². The molecule has 0 aliphatic rings. The van der Waals surface area contributed by atoms with Crippen molar-refractivity contribution in [1.82, 2.24) is 30.5 Å². The summed E-state index contributed by atoms with van der Waals surface area (Å²) >= 11 is 3.23. The van der Waals surface area contributed by atoms with E-state index >= 15 is 0 Å². The van der Waals surface area contributed by atoms with Crippen LogP contribution < -0.4 is 5.32 Å². The number of rotatable bonds is 7. The predicted octanol–water partition coefficient (Wildman–Crippen LogP) is 2.61. The molecule has 0 bridgehead atoms. The van der Waals surface area contributed by atoms with E-state index in [0.29, 0.717) is 17.9 Å². The standard InChI is InChI=1S/C16H16N6OS2/c1-11-21-22-16(25-11)24-7-3-6-18-15(23)13-9-19-14(20-10-13)12-4-2-5-17-8-12/h2,4-5,8-10H,3,6-7H2,1H3,(H,18,23). The molecule has 3 heterocycles. The zero-order chi connectivity index (χ0) is 17.5. The van der Waals surface area contributed by atoms with Crippen molar-refractivity contribution in [3.05, 3.63) is 47.5 Å². The monoisotopic (exact) mass is 372 g/mol. The molecule has 0 aliphatic carbocycles. The largest absolute Gasteiger partial charge is 0.352 e. The van der Waals surface area contributed by atoms with Gasteiger partial charge < -0.3 is 5.32 Å². The first-order valence-electron chi connectivity index (χ1n) is 7.66. The number of pyridine rings is 1. The first-order chi connectivity index (χ1) is 12.2. The van der Waals surface area contributed by atoms with Crippen LogP contribution in [0.3, 0.4) is 0 Å². The number of aromatic nitrogens is 5. The molecule has 0 saturated heterocycles. The Morgan fingerprint density at radius 3 is 2.76 bits per heavy atom. The number of carbonyl (C=O) groups is 1. The van der Waals surface area contributed by atoms with E-state index < -0.39 is 0 Å². The molecule has 0 aromatic carbocycles. The lowest BCUT2D eigenvalue weighted by molar-refractivity contribution is 0.0953. The highest BCUT2D eigenvalue weighted by Crippen LogP contribution is 2.22. The summed E-state index contributed by atoms with van der Waals surface area (Å²) in [4.78, 5) is 24.6. The van der Waals surface area contributed by atoms with Gasteiger partial charge in [-0.3, -0.25) is 9.78 Å². The molecule has 1 amide bonds. The van der Waals surface area contributed by atoms with Gasteiger partial charge in [0.25, 0.3) is 5.91 Å². The molecule has 0 spiro atoms. The van der Waals surface area contributed by atoms with Crippen LogP contribution in [0.4, 0.5) is 0 Å². The van der Waals surface area contributed by atoms with Gasteiger partial charge in [-0.05, 0) is 25.5 Å². The second-order valence-electron chi connectivity index (χ2n) is 5.08. The second-order valence-corrected chi connectivity index (χ2v) is 7.61. The van der Waals surface area contributed by atoms with Gasteiger partial charge in [-0.25, -0.2) is 9.97 Å². The smallest absolute Gasteiger partial charge is 0.254 e. The van der Waals surface area contributed by atoms with E-state index in [1.54, 1.807) is 35.5 Å². The molecule has 25 heavy (non-hydrogen) atoms. The third kappa shape index (κ3) is 5.04. The molecule has 128 valence electrons. The number of thioether (sulfide) groups is 1. The molecule has 3 aromatic rings. The van der Waals surface area contributed by atoms with Crippen molar-refractivity contribution in [2.75, 3.05) is 12.3 Å². The molecule has 3 rings (SSSR count). The SMILES string of the molecule is Cc1nnc(SCCCNC(=O)c2cnc(-c3cccnc3)nc2)s1. The van der Waals surface area contributed by atoms with Crippen molar-refractivity contribution in [1.29, 1.82) is 0 Å². The summed E-state index contributed by atoms with van der Waals surface area (Å²) in [5.41, 5.74) is 1.26. The van der Waals surface area contributed by atoms with Crippen molar-refractivity contribution in [3.63, 3.8) is 0 Å². The number of aryl methyl sites for hydroxylation is 1. The van der Waals surface area contributed by atoms with Crippen LogP contribution in [0.5, 0.6) is 0 Å². The van der Waals surface area contributed by atoms with Crippen LogP contribution in [-0.4, -0.2) is 43.4 Å². The summed E-state index contributed by atoms with van der Waals surface area (Å²) in [6.07, 6.45) is 7.29. The molecule has 0 aliphatic heterocycles. The van der Waals surface area contributed by atoms with E-state index in [0.717, 1.165) is 27.1 Å². The van der Waals surface area contributed by atoms with Crippen molar-refractivity contribution in [3.8, 4) is 11.4 Å². The van der Waals surface area contributed by atoms with E-state index in [2.05, 4.69) is 30.5 Å². The summed E-state index contributed by atoms with van der Waals surface area (Å²) in [5.74, 6) is 1.26. The highest BCUT2D eigenvalue weighted by molar-refractivity contribution is 8.01. The normalized spacial score (nSPS) is 10.6. The maximum Gasteiger partial charge on any atom is 0.254 e. The van der Waals surface area contributed by atoms with Gasteiger partial charge in [0, 0.05) is 42.6 Å². The number of carbonyl (C=O) groups excluding carboxylic acids is 1. The fraction of sp³-hybridized carbons (Fsp3) is 0.250. The quantitative estimate of drug-likeness (QED) is 0.503. The first-order valence-corrected chi connectivity index (χ1v) is 9.46. The summed E-state index contributed by atoms with van der Waals surface area (Å²) < 4.78 is 0.961. The fourth-order valence-electron chi connectivity index (χ4n) is 1.96. The summed E-state index contributed by atoms with van der Waals surface area (Å²) in [6.45, 7) is 2.53. The Labute approximate surface area is 153 Å². The fourth-order valence-corrected chi connectivity index (χ4v) is 3.79. The number of hydrogen-bond acceptors (Lipinski definition) is 8. The Morgan fingerprint density at radius 2 is 2.08 bits per heavy atom. The highest BCUT2D eigenvalue weighted by atomic mass is 32.2. The van der Waals surface area contributed by atoms with Crippen molar-refractivity contribution in [2.45, 2.75) is 17.7 Å². The average molecular weight is 372 g/mol. The number of nitrogens with zero attached hydrogens (tertiary/aromatic N) is 5. The van der Waals surface area contributed by atoms with Crippen LogP contribution in [0.15, 0.2) is 41.3 Å². The zero-order valence-corrected chi connectivity index (χ0v) is 15.2. The summed E-state index contributed by atoms with van der Waals surface area (Å²) in [5, 5.41) is 11.9. The van der Waals surface area contributed by atoms with Gasteiger partial charge in [-0.2, -0.15) is 0 Å². The number of nitrogens with one attached hydrogen (secondary N) is 1. The lowest BCUT2D eigenvalue weighted by atomic mass is 10.2. The van der Waals surface area contributed by atoms with Crippen molar-refractivity contribution >= 4 is 29.0 Å². The maximum atomic E-state index is 12.1.